The van der Waals surface area contributed by atoms with Gasteiger partial charge in [0.1, 0.15) is 6.04 Å². The number of piperazine rings is 1. The monoisotopic (exact) mass is 276 g/mol. The van der Waals surface area contributed by atoms with E-state index < -0.39 is 6.04 Å². The molecule has 0 radical (unpaired) electrons. The first kappa shape index (κ1) is 14.5. The lowest BCUT2D eigenvalue weighted by atomic mass is 10.1. The molecule has 5 heteroatoms. The summed E-state index contributed by atoms with van der Waals surface area (Å²) in [6, 6.07) is 9.07. The van der Waals surface area contributed by atoms with Gasteiger partial charge >= 0.3 is 0 Å². The van der Waals surface area contributed by atoms with Gasteiger partial charge in [-0.05, 0) is 19.4 Å². The minimum Gasteiger partial charge on any atom is -0.376 e. The van der Waals surface area contributed by atoms with Crippen LogP contribution in [0.4, 0.5) is 0 Å². The molecule has 0 bridgehead atoms. The molecule has 0 aliphatic carbocycles. The molecular weight excluding hydrogens is 256 g/mol. The van der Waals surface area contributed by atoms with E-state index in [2.05, 4.69) is 5.32 Å². The summed E-state index contributed by atoms with van der Waals surface area (Å²) in [6.45, 7) is 4.57. The summed E-state index contributed by atoms with van der Waals surface area (Å²) in [5.41, 5.74) is 1.01. The van der Waals surface area contributed by atoms with Crippen LogP contribution in [-0.2, 0) is 20.9 Å². The molecule has 0 aromatic heterocycles. The van der Waals surface area contributed by atoms with Crippen molar-refractivity contribution >= 4 is 11.8 Å². The van der Waals surface area contributed by atoms with Crippen molar-refractivity contribution < 1.29 is 14.3 Å². The molecule has 20 heavy (non-hydrogen) atoms. The zero-order valence-corrected chi connectivity index (χ0v) is 11.8. The van der Waals surface area contributed by atoms with Gasteiger partial charge in [-0.2, -0.15) is 0 Å². The van der Waals surface area contributed by atoms with Crippen LogP contribution in [0.2, 0.25) is 0 Å². The van der Waals surface area contributed by atoms with Gasteiger partial charge in [0, 0.05) is 6.54 Å². The predicted octanol–water partition coefficient (Wildman–Crippen LogP) is 0.939. The molecule has 108 valence electrons. The van der Waals surface area contributed by atoms with Crippen molar-refractivity contribution in [1.29, 1.82) is 0 Å². The van der Waals surface area contributed by atoms with Crippen LogP contribution in [-0.4, -0.2) is 42.0 Å². The van der Waals surface area contributed by atoms with Crippen molar-refractivity contribution in [2.45, 2.75) is 32.5 Å². The lowest BCUT2D eigenvalue weighted by Crippen LogP contribution is -2.59. The number of nitrogens with one attached hydrogen (secondary N) is 1. The van der Waals surface area contributed by atoms with Crippen LogP contribution < -0.4 is 5.32 Å². The fourth-order valence-corrected chi connectivity index (χ4v) is 2.11. The first-order chi connectivity index (χ1) is 9.56. The molecule has 0 saturated carbocycles. The number of hydrogen-bond acceptors (Lipinski definition) is 3. The van der Waals surface area contributed by atoms with E-state index in [9.17, 15) is 9.59 Å². The summed E-state index contributed by atoms with van der Waals surface area (Å²) in [6.07, 6.45) is 0.0317. The third-order valence-corrected chi connectivity index (χ3v) is 3.09. The standard InChI is InChI=1S/C15H20N2O3/c1-11(2)20-10-13-15(19)17(9-14(18)16-13)8-12-6-4-3-5-7-12/h3-7,11,13H,8-10H2,1-2H3,(H,16,18)/t13-/m0/s1. The van der Waals surface area contributed by atoms with Crippen LogP contribution in [0, 0.1) is 0 Å². The highest BCUT2D eigenvalue weighted by molar-refractivity contribution is 5.94. The Hall–Kier alpha value is -1.88. The number of hydrogen-bond donors (Lipinski definition) is 1. The van der Waals surface area contributed by atoms with Crippen molar-refractivity contribution in [2.75, 3.05) is 13.2 Å². The van der Waals surface area contributed by atoms with Crippen LogP contribution in [0.15, 0.2) is 30.3 Å². The number of benzene rings is 1. The molecule has 1 fully saturated rings. The largest absolute Gasteiger partial charge is 0.376 e. The Morgan fingerprint density at radius 2 is 2.00 bits per heavy atom. The van der Waals surface area contributed by atoms with Gasteiger partial charge in [0.25, 0.3) is 0 Å². The van der Waals surface area contributed by atoms with Gasteiger partial charge < -0.3 is 15.0 Å². The maximum atomic E-state index is 12.3. The first-order valence-corrected chi connectivity index (χ1v) is 6.80. The fraction of sp³-hybridized carbons (Fsp3) is 0.467. The predicted molar refractivity (Wildman–Crippen MR) is 74.9 cm³/mol. The van der Waals surface area contributed by atoms with Crippen LogP contribution in [0.25, 0.3) is 0 Å². The first-order valence-electron chi connectivity index (χ1n) is 6.80. The van der Waals surface area contributed by atoms with Crippen molar-refractivity contribution in [2.24, 2.45) is 0 Å². The molecule has 2 rings (SSSR count). The Balaban J connectivity index is 2.01. The molecule has 1 aromatic carbocycles. The van der Waals surface area contributed by atoms with Gasteiger partial charge in [0.05, 0.1) is 19.3 Å². The highest BCUT2D eigenvalue weighted by atomic mass is 16.5. The number of amides is 2. The maximum absolute atomic E-state index is 12.3. The van der Waals surface area contributed by atoms with Crippen LogP contribution in [0.5, 0.6) is 0 Å². The van der Waals surface area contributed by atoms with Crippen molar-refractivity contribution in [3.8, 4) is 0 Å². The zero-order chi connectivity index (χ0) is 14.5. The summed E-state index contributed by atoms with van der Waals surface area (Å²) < 4.78 is 5.44. The van der Waals surface area contributed by atoms with E-state index >= 15 is 0 Å². The quantitative estimate of drug-likeness (QED) is 0.870. The Morgan fingerprint density at radius 3 is 2.65 bits per heavy atom. The molecule has 1 aliphatic heterocycles. The summed E-state index contributed by atoms with van der Waals surface area (Å²) >= 11 is 0. The number of carbonyl (C=O) groups excluding carboxylic acids is 2. The molecule has 1 aliphatic rings. The molecule has 1 aromatic rings. The van der Waals surface area contributed by atoms with Crippen LogP contribution >= 0.6 is 0 Å². The van der Waals surface area contributed by atoms with Crippen molar-refractivity contribution in [1.82, 2.24) is 10.2 Å². The number of rotatable bonds is 5. The molecule has 5 nitrogen and oxygen atoms in total. The van der Waals surface area contributed by atoms with Gasteiger partial charge in [0.2, 0.25) is 11.8 Å². The van der Waals surface area contributed by atoms with E-state index in [1.165, 1.54) is 0 Å². The van der Waals surface area contributed by atoms with Gasteiger partial charge in [-0.1, -0.05) is 30.3 Å². The number of carbonyl (C=O) groups is 2. The van der Waals surface area contributed by atoms with Crippen LogP contribution in [0.3, 0.4) is 0 Å². The SMILES string of the molecule is CC(C)OC[C@@H]1NC(=O)CN(Cc2ccccc2)C1=O. The summed E-state index contributed by atoms with van der Waals surface area (Å²) in [4.78, 5) is 25.6. The lowest BCUT2D eigenvalue weighted by Gasteiger charge is -2.32. The zero-order valence-electron chi connectivity index (χ0n) is 11.8. The highest BCUT2D eigenvalue weighted by Gasteiger charge is 2.32. The van der Waals surface area contributed by atoms with Crippen molar-refractivity contribution in [3.05, 3.63) is 35.9 Å². The molecule has 2 amide bonds. The van der Waals surface area contributed by atoms with E-state index in [0.29, 0.717) is 6.54 Å². The third kappa shape index (κ3) is 3.81. The molecular formula is C15H20N2O3. The second kappa shape index (κ2) is 6.52. The summed E-state index contributed by atoms with van der Waals surface area (Å²) in [5, 5.41) is 2.68. The normalized spacial score (nSPS) is 19.4. The van der Waals surface area contributed by atoms with Gasteiger partial charge in [-0.15, -0.1) is 0 Å². The van der Waals surface area contributed by atoms with Gasteiger partial charge in [0.15, 0.2) is 0 Å². The Bertz CT molecular complexity index is 473. The number of ether oxygens (including phenoxy) is 1. The molecule has 1 N–H and O–H groups in total. The fourth-order valence-electron chi connectivity index (χ4n) is 2.11. The molecule has 0 unspecified atom stereocenters. The second-order valence-corrected chi connectivity index (χ2v) is 5.18. The van der Waals surface area contributed by atoms with E-state index in [4.69, 9.17) is 4.74 Å². The summed E-state index contributed by atoms with van der Waals surface area (Å²) in [7, 11) is 0. The molecule has 1 heterocycles. The lowest BCUT2D eigenvalue weighted by molar-refractivity contribution is -0.147. The van der Waals surface area contributed by atoms with Crippen LogP contribution in [0.1, 0.15) is 19.4 Å². The maximum Gasteiger partial charge on any atom is 0.248 e. The Kier molecular flexibility index (Phi) is 4.74. The molecule has 1 saturated heterocycles. The van der Waals surface area contributed by atoms with Crippen molar-refractivity contribution in [3.63, 3.8) is 0 Å². The average Bonchev–Trinajstić information content (AvgIpc) is 2.42. The Morgan fingerprint density at radius 1 is 1.30 bits per heavy atom. The Labute approximate surface area is 118 Å². The minimum atomic E-state index is -0.581. The third-order valence-electron chi connectivity index (χ3n) is 3.09. The van der Waals surface area contributed by atoms with E-state index in [1.807, 2.05) is 44.2 Å². The average molecular weight is 276 g/mol. The number of nitrogens with zero attached hydrogens (tertiary/aromatic N) is 1. The van der Waals surface area contributed by atoms with Gasteiger partial charge in [-0.3, -0.25) is 9.59 Å². The van der Waals surface area contributed by atoms with E-state index in [1.54, 1.807) is 4.90 Å². The minimum absolute atomic E-state index is 0.0317. The van der Waals surface area contributed by atoms with E-state index in [0.717, 1.165) is 5.56 Å². The topological polar surface area (TPSA) is 58.6 Å². The highest BCUT2D eigenvalue weighted by Crippen LogP contribution is 2.10. The smallest absolute Gasteiger partial charge is 0.248 e. The molecule has 0 spiro atoms. The van der Waals surface area contributed by atoms with Gasteiger partial charge in [-0.25, -0.2) is 0 Å². The second-order valence-electron chi connectivity index (χ2n) is 5.18. The summed E-state index contributed by atoms with van der Waals surface area (Å²) in [5.74, 6) is -0.230. The molecule has 1 atom stereocenters. The van der Waals surface area contributed by atoms with E-state index in [-0.39, 0.29) is 31.1 Å².